The lowest BCUT2D eigenvalue weighted by Crippen LogP contribution is -2.39. The number of rotatable bonds is 8. The largest absolute Gasteiger partial charge is 0.484 e. The van der Waals surface area contributed by atoms with Crippen LogP contribution in [0, 0.1) is 0 Å². The highest BCUT2D eigenvalue weighted by Crippen LogP contribution is 2.20. The molecular formula is C23H26ClN3O3. The third-order valence-corrected chi connectivity index (χ3v) is 4.98. The summed E-state index contributed by atoms with van der Waals surface area (Å²) in [5.74, 6) is 1.79. The molecule has 1 heterocycles. The minimum atomic E-state index is -0.149. The van der Waals surface area contributed by atoms with Crippen molar-refractivity contribution in [2.75, 3.05) is 6.61 Å². The molecule has 0 atom stereocenters. The molecule has 1 aromatic heterocycles. The lowest BCUT2D eigenvalue weighted by Gasteiger charge is -2.25. The molecule has 0 aliphatic carbocycles. The highest BCUT2D eigenvalue weighted by atomic mass is 35.5. The minimum Gasteiger partial charge on any atom is -0.484 e. The number of nitrogens with zero attached hydrogens (tertiary/aromatic N) is 3. The van der Waals surface area contributed by atoms with E-state index < -0.39 is 0 Å². The van der Waals surface area contributed by atoms with Gasteiger partial charge in [-0.1, -0.05) is 42.7 Å². The van der Waals surface area contributed by atoms with Gasteiger partial charge in [-0.3, -0.25) is 4.79 Å². The number of carbonyl (C=O) groups excluding carboxylic acids is 1. The van der Waals surface area contributed by atoms with Gasteiger partial charge in [0.2, 0.25) is 11.7 Å². The summed E-state index contributed by atoms with van der Waals surface area (Å²) in [4.78, 5) is 18.8. The quantitative estimate of drug-likeness (QED) is 0.486. The first kappa shape index (κ1) is 21.8. The first-order valence-corrected chi connectivity index (χ1v) is 10.3. The van der Waals surface area contributed by atoms with Crippen molar-refractivity contribution in [1.29, 1.82) is 0 Å². The van der Waals surface area contributed by atoms with Crippen molar-refractivity contribution in [2.24, 2.45) is 0 Å². The molecule has 0 fully saturated rings. The Balaban J connectivity index is 1.62. The molecule has 0 unspecified atom stereocenters. The second-order valence-corrected chi connectivity index (χ2v) is 8.08. The van der Waals surface area contributed by atoms with Crippen molar-refractivity contribution in [3.63, 3.8) is 0 Å². The molecule has 0 saturated heterocycles. The fraction of sp³-hybridized carbons (Fsp3) is 0.348. The molecule has 0 bridgehead atoms. The summed E-state index contributed by atoms with van der Waals surface area (Å²) in [5, 5.41) is 4.64. The van der Waals surface area contributed by atoms with Crippen molar-refractivity contribution in [3.05, 3.63) is 65.0 Å². The van der Waals surface area contributed by atoms with Gasteiger partial charge in [-0.05, 0) is 61.7 Å². The van der Waals surface area contributed by atoms with E-state index in [9.17, 15) is 4.79 Å². The second-order valence-electron chi connectivity index (χ2n) is 7.65. The van der Waals surface area contributed by atoms with E-state index in [4.69, 9.17) is 20.9 Å². The zero-order valence-corrected chi connectivity index (χ0v) is 18.4. The molecule has 1 amide bonds. The molecule has 6 nitrogen and oxygen atoms in total. The topological polar surface area (TPSA) is 68.5 Å². The number of hydrogen-bond donors (Lipinski definition) is 0. The standard InChI is InChI=1S/C23H26ClN3O3/c1-15(2)17-7-11-20(12-8-17)29-14-22(28)27(16(3)4)13-21-25-23(26-30-21)18-5-9-19(24)10-6-18/h5-12,15-16H,13-14H2,1-4H3. The van der Waals surface area contributed by atoms with Crippen molar-refractivity contribution in [1.82, 2.24) is 15.0 Å². The number of hydrogen-bond acceptors (Lipinski definition) is 5. The van der Waals surface area contributed by atoms with Gasteiger partial charge in [0.05, 0.1) is 0 Å². The molecule has 2 aromatic carbocycles. The summed E-state index contributed by atoms with van der Waals surface area (Å²) in [6.45, 7) is 8.30. The van der Waals surface area contributed by atoms with Crippen LogP contribution in [0.5, 0.6) is 5.75 Å². The van der Waals surface area contributed by atoms with E-state index in [2.05, 4.69) is 24.0 Å². The van der Waals surface area contributed by atoms with Gasteiger partial charge in [0.1, 0.15) is 12.3 Å². The summed E-state index contributed by atoms with van der Waals surface area (Å²) < 4.78 is 11.0. The van der Waals surface area contributed by atoms with Crippen LogP contribution in [-0.4, -0.2) is 33.6 Å². The van der Waals surface area contributed by atoms with Crippen LogP contribution < -0.4 is 4.74 Å². The SMILES string of the molecule is CC(C)c1ccc(OCC(=O)N(Cc2nc(-c3ccc(Cl)cc3)no2)C(C)C)cc1. The van der Waals surface area contributed by atoms with Crippen LogP contribution in [0.3, 0.4) is 0 Å². The Labute approximate surface area is 181 Å². The third-order valence-electron chi connectivity index (χ3n) is 4.73. The van der Waals surface area contributed by atoms with Crippen LogP contribution in [0.15, 0.2) is 53.1 Å². The summed E-state index contributed by atoms with van der Waals surface area (Å²) in [7, 11) is 0. The summed E-state index contributed by atoms with van der Waals surface area (Å²) in [6, 6.07) is 14.9. The Morgan fingerprint density at radius 3 is 2.33 bits per heavy atom. The highest BCUT2D eigenvalue weighted by molar-refractivity contribution is 6.30. The monoisotopic (exact) mass is 427 g/mol. The fourth-order valence-electron chi connectivity index (χ4n) is 2.92. The lowest BCUT2D eigenvalue weighted by molar-refractivity contribution is -0.136. The number of halogens is 1. The van der Waals surface area contributed by atoms with Gasteiger partial charge in [-0.2, -0.15) is 4.98 Å². The molecule has 0 saturated carbocycles. The fourth-order valence-corrected chi connectivity index (χ4v) is 3.04. The molecule has 7 heteroatoms. The van der Waals surface area contributed by atoms with Crippen LogP contribution in [-0.2, 0) is 11.3 Å². The van der Waals surface area contributed by atoms with Crippen LogP contribution in [0.4, 0.5) is 0 Å². The van der Waals surface area contributed by atoms with Crippen LogP contribution in [0.1, 0.15) is 45.1 Å². The Morgan fingerprint density at radius 1 is 1.07 bits per heavy atom. The van der Waals surface area contributed by atoms with E-state index in [1.54, 1.807) is 17.0 Å². The summed E-state index contributed by atoms with van der Waals surface area (Å²) >= 11 is 5.92. The van der Waals surface area contributed by atoms with Gasteiger partial charge in [0.25, 0.3) is 5.91 Å². The number of benzene rings is 2. The van der Waals surface area contributed by atoms with Gasteiger partial charge in [0, 0.05) is 16.6 Å². The van der Waals surface area contributed by atoms with Gasteiger partial charge in [-0.15, -0.1) is 0 Å². The molecule has 0 aliphatic rings. The molecule has 0 radical (unpaired) electrons. The van der Waals surface area contributed by atoms with Crippen molar-refractivity contribution < 1.29 is 14.1 Å². The van der Waals surface area contributed by atoms with E-state index in [-0.39, 0.29) is 25.1 Å². The lowest BCUT2D eigenvalue weighted by atomic mass is 10.0. The van der Waals surface area contributed by atoms with Crippen molar-refractivity contribution in [2.45, 2.75) is 46.2 Å². The van der Waals surface area contributed by atoms with Gasteiger partial charge >= 0.3 is 0 Å². The van der Waals surface area contributed by atoms with Crippen LogP contribution >= 0.6 is 11.6 Å². The van der Waals surface area contributed by atoms with Crippen LogP contribution in [0.2, 0.25) is 5.02 Å². The van der Waals surface area contributed by atoms with E-state index in [1.165, 1.54) is 5.56 Å². The Hall–Kier alpha value is -2.86. The van der Waals surface area contributed by atoms with E-state index in [1.807, 2.05) is 50.2 Å². The average Bonchev–Trinajstić information content (AvgIpc) is 3.19. The predicted molar refractivity (Wildman–Crippen MR) is 116 cm³/mol. The van der Waals surface area contributed by atoms with Crippen molar-refractivity contribution in [3.8, 4) is 17.1 Å². The van der Waals surface area contributed by atoms with E-state index in [0.29, 0.717) is 28.4 Å². The first-order valence-electron chi connectivity index (χ1n) is 9.94. The van der Waals surface area contributed by atoms with E-state index >= 15 is 0 Å². The maximum Gasteiger partial charge on any atom is 0.261 e. The number of amides is 1. The average molecular weight is 428 g/mol. The van der Waals surface area contributed by atoms with Gasteiger partial charge < -0.3 is 14.2 Å². The molecular weight excluding hydrogens is 402 g/mol. The van der Waals surface area contributed by atoms with Gasteiger partial charge in [0.15, 0.2) is 6.61 Å². The third kappa shape index (κ3) is 5.60. The van der Waals surface area contributed by atoms with E-state index in [0.717, 1.165) is 5.56 Å². The Bertz CT molecular complexity index is 966. The smallest absolute Gasteiger partial charge is 0.261 e. The molecule has 0 spiro atoms. The number of ether oxygens (including phenoxy) is 1. The minimum absolute atomic E-state index is 0.0460. The predicted octanol–water partition coefficient (Wildman–Crippen LogP) is 5.33. The number of carbonyl (C=O) groups is 1. The molecule has 30 heavy (non-hydrogen) atoms. The summed E-state index contributed by atoms with van der Waals surface area (Å²) in [5.41, 5.74) is 2.02. The number of aromatic nitrogens is 2. The molecule has 158 valence electrons. The highest BCUT2D eigenvalue weighted by Gasteiger charge is 2.21. The van der Waals surface area contributed by atoms with Crippen LogP contribution in [0.25, 0.3) is 11.4 Å². The zero-order chi connectivity index (χ0) is 21.7. The molecule has 0 aliphatic heterocycles. The first-order chi connectivity index (χ1) is 14.3. The van der Waals surface area contributed by atoms with Crippen molar-refractivity contribution >= 4 is 17.5 Å². The molecule has 3 aromatic rings. The molecule has 0 N–H and O–H groups in total. The summed E-state index contributed by atoms with van der Waals surface area (Å²) in [6.07, 6.45) is 0. The van der Waals surface area contributed by atoms with Gasteiger partial charge in [-0.25, -0.2) is 0 Å². The maximum absolute atomic E-state index is 12.7. The normalized spacial score (nSPS) is 11.2. The molecule has 3 rings (SSSR count). The maximum atomic E-state index is 12.7. The Morgan fingerprint density at radius 2 is 1.73 bits per heavy atom. The Kier molecular flexibility index (Phi) is 7.11. The second kappa shape index (κ2) is 9.76. The zero-order valence-electron chi connectivity index (χ0n) is 17.6.